The van der Waals surface area contributed by atoms with Crippen molar-refractivity contribution in [3.05, 3.63) is 53.6 Å². The largest absolute Gasteiger partial charge is 0.357 e. The molecule has 23 heavy (non-hydrogen) atoms. The second-order valence-corrected chi connectivity index (χ2v) is 5.18. The van der Waals surface area contributed by atoms with Gasteiger partial charge in [-0.05, 0) is 24.6 Å². The predicted octanol–water partition coefficient (Wildman–Crippen LogP) is 2.77. The van der Waals surface area contributed by atoms with Crippen LogP contribution >= 0.6 is 24.0 Å². The topological polar surface area (TPSA) is 45.5 Å². The molecule has 0 atom stereocenters. The van der Waals surface area contributed by atoms with E-state index in [9.17, 15) is 4.39 Å². The van der Waals surface area contributed by atoms with E-state index in [0.717, 1.165) is 23.6 Å². The van der Waals surface area contributed by atoms with Gasteiger partial charge < -0.3 is 10.2 Å². The molecule has 1 aromatic carbocycles. The van der Waals surface area contributed by atoms with Crippen molar-refractivity contribution in [3.63, 3.8) is 0 Å². The zero-order valence-corrected chi connectivity index (χ0v) is 16.0. The first kappa shape index (κ1) is 19.4. The van der Waals surface area contributed by atoms with Crippen LogP contribution in [0.25, 0.3) is 0 Å². The van der Waals surface area contributed by atoms with Gasteiger partial charge in [-0.25, -0.2) is 9.38 Å². The first-order valence-corrected chi connectivity index (χ1v) is 7.30. The van der Waals surface area contributed by atoms with Crippen molar-refractivity contribution in [2.45, 2.75) is 20.0 Å². The summed E-state index contributed by atoms with van der Waals surface area (Å²) >= 11 is 0. The van der Waals surface area contributed by atoms with Gasteiger partial charge in [-0.2, -0.15) is 5.10 Å². The third-order valence-electron chi connectivity index (χ3n) is 3.17. The summed E-state index contributed by atoms with van der Waals surface area (Å²) in [6.07, 6.45) is 3.75. The number of guanidine groups is 1. The number of halogens is 2. The minimum atomic E-state index is -0.219. The first-order valence-electron chi connectivity index (χ1n) is 7.30. The number of benzene rings is 1. The second kappa shape index (κ2) is 9.49. The second-order valence-electron chi connectivity index (χ2n) is 5.18. The Bertz CT molecular complexity index is 641. The Labute approximate surface area is 153 Å². The van der Waals surface area contributed by atoms with Crippen molar-refractivity contribution in [3.8, 4) is 0 Å². The van der Waals surface area contributed by atoms with Crippen LogP contribution in [0.5, 0.6) is 0 Å². The normalized spacial score (nSPS) is 11.0. The fourth-order valence-corrected chi connectivity index (χ4v) is 2.17. The Hall–Kier alpha value is -1.64. The molecule has 1 heterocycles. The number of nitrogens with one attached hydrogen (secondary N) is 1. The summed E-state index contributed by atoms with van der Waals surface area (Å²) in [6, 6.07) is 6.62. The maximum atomic E-state index is 13.3. The molecule has 0 aliphatic carbocycles. The third-order valence-corrected chi connectivity index (χ3v) is 3.17. The molecule has 1 N–H and O–H groups in total. The molecule has 2 rings (SSSR count). The van der Waals surface area contributed by atoms with E-state index < -0.39 is 0 Å². The van der Waals surface area contributed by atoms with Crippen molar-refractivity contribution in [2.24, 2.45) is 12.0 Å². The molecule has 0 unspecified atom stereocenters. The summed E-state index contributed by atoms with van der Waals surface area (Å²) in [4.78, 5) is 6.58. The van der Waals surface area contributed by atoms with Crippen molar-refractivity contribution in [2.75, 3.05) is 13.6 Å². The lowest BCUT2D eigenvalue weighted by molar-refractivity contribution is 0.474. The maximum absolute atomic E-state index is 13.3. The van der Waals surface area contributed by atoms with Crippen LogP contribution in [0.1, 0.15) is 18.1 Å². The molecule has 7 heteroatoms. The number of nitrogens with zero attached hydrogens (tertiary/aromatic N) is 4. The maximum Gasteiger partial charge on any atom is 0.194 e. The quantitative estimate of drug-likeness (QED) is 0.450. The molecule has 0 aliphatic heterocycles. The van der Waals surface area contributed by atoms with Gasteiger partial charge in [-0.15, -0.1) is 24.0 Å². The molecule has 0 aliphatic rings. The molecule has 0 fully saturated rings. The molecule has 0 spiro atoms. The number of rotatable bonds is 5. The summed E-state index contributed by atoms with van der Waals surface area (Å²) in [6.45, 7) is 3.95. The van der Waals surface area contributed by atoms with E-state index in [2.05, 4.69) is 15.4 Å². The molecule has 0 bridgehead atoms. The highest BCUT2D eigenvalue weighted by Crippen LogP contribution is 2.07. The van der Waals surface area contributed by atoms with Crippen molar-refractivity contribution >= 4 is 29.9 Å². The van der Waals surface area contributed by atoms with Gasteiger partial charge in [-0.3, -0.25) is 4.68 Å². The van der Waals surface area contributed by atoms with E-state index in [1.165, 1.54) is 6.07 Å². The van der Waals surface area contributed by atoms with Crippen molar-refractivity contribution < 1.29 is 4.39 Å². The summed E-state index contributed by atoms with van der Waals surface area (Å²) in [7, 11) is 3.82. The Kier molecular flexibility index (Phi) is 8.01. The van der Waals surface area contributed by atoms with E-state index in [4.69, 9.17) is 0 Å². The summed E-state index contributed by atoms with van der Waals surface area (Å²) < 4.78 is 15.0. The van der Waals surface area contributed by atoms with Crippen molar-refractivity contribution in [1.82, 2.24) is 20.0 Å². The molecule has 2 aromatic rings. The number of aromatic nitrogens is 2. The van der Waals surface area contributed by atoms with Crippen LogP contribution in [-0.4, -0.2) is 34.2 Å². The Morgan fingerprint density at radius 3 is 2.78 bits per heavy atom. The predicted molar refractivity (Wildman–Crippen MR) is 101 cm³/mol. The van der Waals surface area contributed by atoms with Gasteiger partial charge in [0.25, 0.3) is 0 Å². The Morgan fingerprint density at radius 1 is 1.39 bits per heavy atom. The molecular formula is C16H23FIN5. The van der Waals surface area contributed by atoms with Gasteiger partial charge in [0.05, 0.1) is 12.7 Å². The molecule has 5 nitrogen and oxygen atoms in total. The lowest BCUT2D eigenvalue weighted by atomic mass is 10.2. The molecule has 0 radical (unpaired) electrons. The summed E-state index contributed by atoms with van der Waals surface area (Å²) in [5.41, 5.74) is 1.96. The standard InChI is InChI=1S/C16H22FN5.HI/c1-4-18-16(19-9-14-10-20-22(3)12-14)21(2)11-13-6-5-7-15(17)8-13;/h5-8,10,12H,4,9,11H2,1-3H3,(H,18,19);1H. The highest BCUT2D eigenvalue weighted by molar-refractivity contribution is 14.0. The highest BCUT2D eigenvalue weighted by Gasteiger charge is 2.07. The lowest BCUT2D eigenvalue weighted by Crippen LogP contribution is -2.38. The average molecular weight is 431 g/mol. The fourth-order valence-electron chi connectivity index (χ4n) is 2.17. The first-order chi connectivity index (χ1) is 10.6. The smallest absolute Gasteiger partial charge is 0.194 e. The van der Waals surface area contributed by atoms with Crippen molar-refractivity contribution in [1.29, 1.82) is 0 Å². The molecule has 126 valence electrons. The minimum Gasteiger partial charge on any atom is -0.357 e. The van der Waals surface area contributed by atoms with E-state index in [1.54, 1.807) is 23.0 Å². The number of aryl methyl sites for hydroxylation is 1. The molecule has 1 aromatic heterocycles. The SMILES string of the molecule is CCNC(=NCc1cnn(C)c1)N(C)Cc1cccc(F)c1.I. The van der Waals surface area contributed by atoms with Crippen LogP contribution in [0.4, 0.5) is 4.39 Å². The van der Waals surface area contributed by atoms with E-state index >= 15 is 0 Å². The molecular weight excluding hydrogens is 408 g/mol. The van der Waals surface area contributed by atoms with Crippen LogP contribution in [-0.2, 0) is 20.1 Å². The number of hydrogen-bond donors (Lipinski definition) is 1. The Balaban J connectivity index is 0.00000264. The van der Waals surface area contributed by atoms with Gasteiger partial charge >= 0.3 is 0 Å². The number of hydrogen-bond acceptors (Lipinski definition) is 2. The van der Waals surface area contributed by atoms with Gasteiger partial charge in [0.2, 0.25) is 0 Å². The van der Waals surface area contributed by atoms with Gasteiger partial charge in [0.15, 0.2) is 5.96 Å². The van der Waals surface area contributed by atoms with Crippen LogP contribution in [0, 0.1) is 5.82 Å². The summed E-state index contributed by atoms with van der Waals surface area (Å²) in [5, 5.41) is 7.38. The zero-order valence-electron chi connectivity index (χ0n) is 13.7. The fraction of sp³-hybridized carbons (Fsp3) is 0.375. The van der Waals surface area contributed by atoms with Gasteiger partial charge in [0.1, 0.15) is 5.82 Å². The summed E-state index contributed by atoms with van der Waals surface area (Å²) in [5.74, 6) is 0.568. The Morgan fingerprint density at radius 2 is 2.17 bits per heavy atom. The molecule has 0 amide bonds. The van der Waals surface area contributed by atoms with Crippen LogP contribution in [0.15, 0.2) is 41.7 Å². The highest BCUT2D eigenvalue weighted by atomic mass is 127. The van der Waals surface area contributed by atoms with E-state index in [-0.39, 0.29) is 29.8 Å². The van der Waals surface area contributed by atoms with Gasteiger partial charge in [-0.1, -0.05) is 12.1 Å². The average Bonchev–Trinajstić information content (AvgIpc) is 2.89. The minimum absolute atomic E-state index is 0. The third kappa shape index (κ3) is 6.17. The number of aliphatic imine (C=N–C) groups is 1. The van der Waals surface area contributed by atoms with Crippen LogP contribution < -0.4 is 5.32 Å². The van der Waals surface area contributed by atoms with Crippen LogP contribution in [0.2, 0.25) is 0 Å². The zero-order chi connectivity index (χ0) is 15.9. The monoisotopic (exact) mass is 431 g/mol. The van der Waals surface area contributed by atoms with E-state index in [0.29, 0.717) is 13.1 Å². The molecule has 0 saturated heterocycles. The molecule has 0 saturated carbocycles. The lowest BCUT2D eigenvalue weighted by Gasteiger charge is -2.22. The van der Waals surface area contributed by atoms with E-state index in [1.807, 2.05) is 38.2 Å². The van der Waals surface area contributed by atoms with Gasteiger partial charge in [0, 0.05) is 38.9 Å². The van der Waals surface area contributed by atoms with Crippen LogP contribution in [0.3, 0.4) is 0 Å².